The van der Waals surface area contributed by atoms with E-state index in [1.54, 1.807) is 29.2 Å². The Morgan fingerprint density at radius 2 is 1.73 bits per heavy atom. The standard InChI is InChI=1S/C24H20FNO3S/c1-3-17-7-9-18(10-8-17)24(27)23-15-26(20-6-4-5-16(2)13-20)21-12-11-19(25)14-22(21)30(23,28)29/h4-15H,3H2,1-2H3. The third-order valence-electron chi connectivity index (χ3n) is 5.13. The Kier molecular flexibility index (Phi) is 5.03. The van der Waals surface area contributed by atoms with E-state index in [1.807, 2.05) is 38.1 Å². The minimum absolute atomic E-state index is 0.222. The average molecular weight is 421 g/mol. The third-order valence-corrected chi connectivity index (χ3v) is 6.91. The van der Waals surface area contributed by atoms with Crippen molar-refractivity contribution in [1.29, 1.82) is 0 Å². The fraction of sp³-hybridized carbons (Fsp3) is 0.125. The number of Topliss-reactive ketones (excluding diaryl/α,β-unsaturated/α-hetero) is 1. The van der Waals surface area contributed by atoms with Gasteiger partial charge < -0.3 is 4.90 Å². The Morgan fingerprint density at radius 3 is 2.40 bits per heavy atom. The van der Waals surface area contributed by atoms with Gasteiger partial charge in [0.2, 0.25) is 15.6 Å². The van der Waals surface area contributed by atoms with Crippen molar-refractivity contribution in [3.63, 3.8) is 0 Å². The fourth-order valence-electron chi connectivity index (χ4n) is 3.48. The number of halogens is 1. The highest BCUT2D eigenvalue weighted by Gasteiger charge is 2.36. The third kappa shape index (κ3) is 3.44. The van der Waals surface area contributed by atoms with Crippen LogP contribution in [0.15, 0.2) is 82.7 Å². The monoisotopic (exact) mass is 421 g/mol. The molecule has 6 heteroatoms. The van der Waals surface area contributed by atoms with Crippen LogP contribution in [0.2, 0.25) is 0 Å². The van der Waals surface area contributed by atoms with E-state index in [-0.39, 0.29) is 15.4 Å². The summed E-state index contributed by atoms with van der Waals surface area (Å²) in [5, 5.41) is 0. The Hall–Kier alpha value is -3.25. The summed E-state index contributed by atoms with van der Waals surface area (Å²) in [7, 11) is -4.19. The van der Waals surface area contributed by atoms with Crippen molar-refractivity contribution in [3.8, 4) is 0 Å². The lowest BCUT2D eigenvalue weighted by molar-refractivity contribution is 0.104. The van der Waals surface area contributed by atoms with Crippen molar-refractivity contribution in [2.24, 2.45) is 0 Å². The predicted molar refractivity (Wildman–Crippen MR) is 115 cm³/mol. The Balaban J connectivity index is 1.91. The van der Waals surface area contributed by atoms with Gasteiger partial charge in [0, 0.05) is 17.5 Å². The maximum absolute atomic E-state index is 14.0. The van der Waals surface area contributed by atoms with Crippen molar-refractivity contribution < 1.29 is 17.6 Å². The summed E-state index contributed by atoms with van der Waals surface area (Å²) in [4.78, 5) is 14.2. The molecule has 4 nitrogen and oxygen atoms in total. The molecule has 3 aromatic carbocycles. The number of hydrogen-bond acceptors (Lipinski definition) is 4. The highest BCUT2D eigenvalue weighted by molar-refractivity contribution is 7.96. The number of ketones is 1. The number of nitrogens with zero attached hydrogens (tertiary/aromatic N) is 1. The molecule has 152 valence electrons. The number of carbonyl (C=O) groups is 1. The molecule has 0 aromatic heterocycles. The van der Waals surface area contributed by atoms with Crippen LogP contribution in [0.1, 0.15) is 28.4 Å². The largest absolute Gasteiger partial charge is 0.314 e. The Morgan fingerprint density at radius 1 is 1.00 bits per heavy atom. The summed E-state index contributed by atoms with van der Waals surface area (Å²) in [6, 6.07) is 17.9. The number of benzene rings is 3. The van der Waals surface area contributed by atoms with Gasteiger partial charge in [0.05, 0.1) is 10.6 Å². The number of fused-ring (bicyclic) bond motifs is 1. The molecule has 0 saturated carbocycles. The zero-order valence-electron chi connectivity index (χ0n) is 16.6. The van der Waals surface area contributed by atoms with Crippen molar-refractivity contribution >= 4 is 27.0 Å². The quantitative estimate of drug-likeness (QED) is 0.533. The molecule has 30 heavy (non-hydrogen) atoms. The van der Waals surface area contributed by atoms with E-state index in [4.69, 9.17) is 0 Å². The van der Waals surface area contributed by atoms with Gasteiger partial charge in [0.25, 0.3) is 0 Å². The number of aryl methyl sites for hydroxylation is 2. The van der Waals surface area contributed by atoms with E-state index in [0.717, 1.165) is 23.6 Å². The lowest BCUT2D eigenvalue weighted by atomic mass is 10.1. The average Bonchev–Trinajstić information content (AvgIpc) is 2.74. The predicted octanol–water partition coefficient (Wildman–Crippen LogP) is 5.35. The van der Waals surface area contributed by atoms with E-state index in [9.17, 15) is 17.6 Å². The van der Waals surface area contributed by atoms with E-state index >= 15 is 0 Å². The molecule has 0 spiro atoms. The molecule has 0 amide bonds. The van der Waals surface area contributed by atoms with Crippen LogP contribution in [0.25, 0.3) is 0 Å². The van der Waals surface area contributed by atoms with E-state index < -0.39 is 21.4 Å². The molecule has 0 radical (unpaired) electrons. The summed E-state index contributed by atoms with van der Waals surface area (Å²) in [6.07, 6.45) is 2.14. The van der Waals surface area contributed by atoms with E-state index in [1.165, 1.54) is 18.3 Å². The Bertz CT molecular complexity index is 1280. The van der Waals surface area contributed by atoms with Crippen molar-refractivity contribution in [1.82, 2.24) is 0 Å². The van der Waals surface area contributed by atoms with Crippen molar-refractivity contribution in [3.05, 3.63) is 100 Å². The van der Waals surface area contributed by atoms with Crippen LogP contribution < -0.4 is 4.90 Å². The summed E-state index contributed by atoms with van der Waals surface area (Å²) in [5.74, 6) is -1.30. The smallest absolute Gasteiger partial charge is 0.214 e. The van der Waals surface area contributed by atoms with Crippen LogP contribution in [0, 0.1) is 12.7 Å². The fourth-order valence-corrected chi connectivity index (χ4v) is 5.04. The molecule has 0 aliphatic carbocycles. The second-order valence-electron chi connectivity index (χ2n) is 7.20. The SMILES string of the molecule is CCc1ccc(C(=O)C2=CN(c3cccc(C)c3)c3ccc(F)cc3S2(=O)=O)cc1. The first-order valence-corrected chi connectivity index (χ1v) is 11.1. The molecule has 0 atom stereocenters. The second-order valence-corrected chi connectivity index (χ2v) is 9.08. The van der Waals surface area contributed by atoms with Crippen LogP contribution in [0.5, 0.6) is 0 Å². The van der Waals surface area contributed by atoms with Gasteiger partial charge in [-0.3, -0.25) is 4.79 Å². The van der Waals surface area contributed by atoms with Gasteiger partial charge in [0.15, 0.2) is 0 Å². The van der Waals surface area contributed by atoms with Crippen molar-refractivity contribution in [2.45, 2.75) is 25.2 Å². The molecular weight excluding hydrogens is 401 g/mol. The van der Waals surface area contributed by atoms with Crippen LogP contribution in [-0.2, 0) is 16.3 Å². The van der Waals surface area contributed by atoms with Gasteiger partial charge in [-0.05, 0) is 54.8 Å². The first-order valence-electron chi connectivity index (χ1n) is 9.57. The number of sulfone groups is 1. The molecule has 1 heterocycles. The minimum Gasteiger partial charge on any atom is -0.314 e. The molecule has 3 aromatic rings. The van der Waals surface area contributed by atoms with Gasteiger partial charge in [-0.25, -0.2) is 12.8 Å². The summed E-state index contributed by atoms with van der Waals surface area (Å²) in [5.41, 5.74) is 3.28. The molecule has 0 N–H and O–H groups in total. The van der Waals surface area contributed by atoms with E-state index in [0.29, 0.717) is 11.4 Å². The van der Waals surface area contributed by atoms with Crippen LogP contribution in [0.4, 0.5) is 15.8 Å². The zero-order valence-corrected chi connectivity index (χ0v) is 17.4. The normalized spacial score (nSPS) is 14.8. The maximum Gasteiger partial charge on any atom is 0.214 e. The lowest BCUT2D eigenvalue weighted by Gasteiger charge is -2.29. The number of carbonyl (C=O) groups excluding carboxylic acids is 1. The van der Waals surface area contributed by atoms with Gasteiger partial charge in [-0.15, -0.1) is 0 Å². The molecular formula is C24H20FNO3S. The highest BCUT2D eigenvalue weighted by Crippen LogP contribution is 2.40. The number of anilines is 2. The topological polar surface area (TPSA) is 54.5 Å². The molecule has 0 saturated heterocycles. The molecule has 1 aliphatic rings. The van der Waals surface area contributed by atoms with Crippen LogP contribution >= 0.6 is 0 Å². The van der Waals surface area contributed by atoms with Crippen LogP contribution in [0.3, 0.4) is 0 Å². The van der Waals surface area contributed by atoms with E-state index in [2.05, 4.69) is 0 Å². The second kappa shape index (κ2) is 7.54. The first kappa shape index (κ1) is 20.0. The number of rotatable bonds is 4. The van der Waals surface area contributed by atoms with Gasteiger partial charge in [-0.2, -0.15) is 0 Å². The molecule has 1 aliphatic heterocycles. The van der Waals surface area contributed by atoms with Crippen LogP contribution in [-0.4, -0.2) is 14.2 Å². The molecule has 0 unspecified atom stereocenters. The van der Waals surface area contributed by atoms with Gasteiger partial charge in [-0.1, -0.05) is 43.3 Å². The highest BCUT2D eigenvalue weighted by atomic mass is 32.2. The summed E-state index contributed by atoms with van der Waals surface area (Å²) < 4.78 is 40.5. The molecule has 4 rings (SSSR count). The number of allylic oxidation sites excluding steroid dienone is 1. The summed E-state index contributed by atoms with van der Waals surface area (Å²) in [6.45, 7) is 3.91. The van der Waals surface area contributed by atoms with Gasteiger partial charge >= 0.3 is 0 Å². The van der Waals surface area contributed by atoms with Gasteiger partial charge in [0.1, 0.15) is 10.7 Å². The van der Waals surface area contributed by atoms with Crippen molar-refractivity contribution in [2.75, 3.05) is 4.90 Å². The summed E-state index contributed by atoms with van der Waals surface area (Å²) >= 11 is 0. The minimum atomic E-state index is -4.19. The maximum atomic E-state index is 14.0. The molecule has 0 fully saturated rings. The lowest BCUT2D eigenvalue weighted by Crippen LogP contribution is -2.26. The first-order chi connectivity index (χ1) is 14.3. The Labute approximate surface area is 175 Å². The number of hydrogen-bond donors (Lipinski definition) is 0. The zero-order chi connectivity index (χ0) is 21.5. The molecule has 0 bridgehead atoms.